The summed E-state index contributed by atoms with van der Waals surface area (Å²) in [5.74, 6) is 0.375. The van der Waals surface area contributed by atoms with Crippen molar-refractivity contribution in [3.05, 3.63) is 78.4 Å². The van der Waals surface area contributed by atoms with Crippen molar-refractivity contribution in [2.45, 2.75) is 0 Å². The van der Waals surface area contributed by atoms with E-state index in [4.69, 9.17) is 17.0 Å². The first-order valence-corrected chi connectivity index (χ1v) is 9.22. The number of carbonyl (C=O) groups is 1. The standard InChI is InChI=1S/C21H17N5O2S/c1-28-17-10-7-14(8-11-17)20(27)23-21(29)22-15-9-12-18-19(13-15)25-26(24-18)16-5-3-2-4-6-16/h2-13H,1H3,(H2,22,23,27,29). The van der Waals surface area contributed by atoms with Crippen molar-refractivity contribution in [2.24, 2.45) is 0 Å². The minimum atomic E-state index is -0.304. The predicted octanol–water partition coefficient (Wildman–Crippen LogP) is 3.56. The minimum absolute atomic E-state index is 0.195. The average Bonchev–Trinajstić information content (AvgIpc) is 3.18. The summed E-state index contributed by atoms with van der Waals surface area (Å²) >= 11 is 5.26. The number of ether oxygens (including phenoxy) is 1. The fraction of sp³-hybridized carbons (Fsp3) is 0.0476. The molecule has 4 rings (SSSR count). The van der Waals surface area contributed by atoms with E-state index < -0.39 is 0 Å². The van der Waals surface area contributed by atoms with E-state index in [0.29, 0.717) is 22.5 Å². The van der Waals surface area contributed by atoms with Gasteiger partial charge in [0.1, 0.15) is 16.8 Å². The number of nitrogens with one attached hydrogen (secondary N) is 2. The normalized spacial score (nSPS) is 10.5. The number of carbonyl (C=O) groups excluding carboxylic acids is 1. The number of methoxy groups -OCH3 is 1. The Morgan fingerprint density at radius 2 is 1.69 bits per heavy atom. The van der Waals surface area contributed by atoms with Gasteiger partial charge in [0.2, 0.25) is 0 Å². The topological polar surface area (TPSA) is 81.1 Å². The Morgan fingerprint density at radius 3 is 2.41 bits per heavy atom. The Morgan fingerprint density at radius 1 is 0.966 bits per heavy atom. The second-order valence-electron chi connectivity index (χ2n) is 6.17. The zero-order valence-electron chi connectivity index (χ0n) is 15.5. The van der Waals surface area contributed by atoms with Crippen LogP contribution in [0.15, 0.2) is 72.8 Å². The van der Waals surface area contributed by atoms with Crippen LogP contribution in [0.5, 0.6) is 5.75 Å². The Hall–Kier alpha value is -3.78. The van der Waals surface area contributed by atoms with E-state index in [1.807, 2.05) is 48.5 Å². The lowest BCUT2D eigenvalue weighted by Gasteiger charge is -2.09. The predicted molar refractivity (Wildman–Crippen MR) is 116 cm³/mol. The summed E-state index contributed by atoms with van der Waals surface area (Å²) in [5.41, 5.74) is 3.53. The van der Waals surface area contributed by atoms with Crippen LogP contribution in [0, 0.1) is 0 Å². The lowest BCUT2D eigenvalue weighted by molar-refractivity contribution is 0.0977. The van der Waals surface area contributed by atoms with Crippen LogP contribution in [0.4, 0.5) is 5.69 Å². The summed E-state index contributed by atoms with van der Waals surface area (Å²) in [6.07, 6.45) is 0. The van der Waals surface area contributed by atoms with Crippen LogP contribution < -0.4 is 15.4 Å². The Bertz CT molecular complexity index is 1170. The number of nitrogens with zero attached hydrogens (tertiary/aromatic N) is 3. The molecule has 144 valence electrons. The number of anilines is 1. The van der Waals surface area contributed by atoms with Crippen molar-refractivity contribution in [1.82, 2.24) is 20.3 Å². The number of aromatic nitrogens is 3. The van der Waals surface area contributed by atoms with Gasteiger partial charge in [-0.2, -0.15) is 4.80 Å². The number of fused-ring (bicyclic) bond motifs is 1. The van der Waals surface area contributed by atoms with Crippen molar-refractivity contribution in [3.8, 4) is 11.4 Å². The molecule has 0 saturated heterocycles. The summed E-state index contributed by atoms with van der Waals surface area (Å²) in [6.45, 7) is 0. The third-order valence-corrected chi connectivity index (χ3v) is 4.41. The van der Waals surface area contributed by atoms with Crippen LogP contribution in [0.3, 0.4) is 0 Å². The smallest absolute Gasteiger partial charge is 0.257 e. The molecule has 1 aromatic heterocycles. The molecule has 4 aromatic rings. The summed E-state index contributed by atoms with van der Waals surface area (Å²) in [5, 5.41) is 14.8. The van der Waals surface area contributed by atoms with Crippen molar-refractivity contribution < 1.29 is 9.53 Å². The second-order valence-corrected chi connectivity index (χ2v) is 6.57. The zero-order chi connectivity index (χ0) is 20.2. The number of benzene rings is 3. The summed E-state index contributed by atoms with van der Waals surface area (Å²) in [4.78, 5) is 13.9. The van der Waals surface area contributed by atoms with Gasteiger partial charge in [0.25, 0.3) is 5.91 Å². The largest absolute Gasteiger partial charge is 0.497 e. The molecule has 7 nitrogen and oxygen atoms in total. The van der Waals surface area contributed by atoms with Gasteiger partial charge in [-0.15, -0.1) is 10.2 Å². The van der Waals surface area contributed by atoms with Crippen molar-refractivity contribution in [2.75, 3.05) is 12.4 Å². The summed E-state index contributed by atoms with van der Waals surface area (Å²) in [6, 6.07) is 21.9. The van der Waals surface area contributed by atoms with E-state index >= 15 is 0 Å². The van der Waals surface area contributed by atoms with E-state index in [9.17, 15) is 4.79 Å². The molecule has 0 aliphatic carbocycles. The number of thiocarbonyl (C=S) groups is 1. The molecule has 29 heavy (non-hydrogen) atoms. The highest BCUT2D eigenvalue weighted by Gasteiger charge is 2.10. The van der Waals surface area contributed by atoms with Crippen LogP contribution in [0.2, 0.25) is 0 Å². The molecule has 1 heterocycles. The third-order valence-electron chi connectivity index (χ3n) is 4.20. The van der Waals surface area contributed by atoms with E-state index in [0.717, 1.165) is 11.2 Å². The maximum absolute atomic E-state index is 12.3. The minimum Gasteiger partial charge on any atom is -0.497 e. The van der Waals surface area contributed by atoms with E-state index in [2.05, 4.69) is 20.8 Å². The van der Waals surface area contributed by atoms with Crippen LogP contribution in [0.25, 0.3) is 16.7 Å². The van der Waals surface area contributed by atoms with Gasteiger partial charge in [-0.1, -0.05) is 18.2 Å². The Labute approximate surface area is 172 Å². The zero-order valence-corrected chi connectivity index (χ0v) is 16.3. The summed E-state index contributed by atoms with van der Waals surface area (Å²) in [7, 11) is 1.57. The van der Waals surface area contributed by atoms with E-state index in [-0.39, 0.29) is 11.0 Å². The maximum Gasteiger partial charge on any atom is 0.257 e. The van der Waals surface area contributed by atoms with Crippen molar-refractivity contribution in [3.63, 3.8) is 0 Å². The molecule has 0 bridgehead atoms. The quantitative estimate of drug-likeness (QED) is 0.507. The molecule has 0 saturated carbocycles. The lowest BCUT2D eigenvalue weighted by Crippen LogP contribution is -2.34. The molecule has 0 spiro atoms. The van der Waals surface area contributed by atoms with Crippen LogP contribution in [-0.2, 0) is 0 Å². The first kappa shape index (κ1) is 18.6. The number of hydrogen-bond donors (Lipinski definition) is 2. The molecule has 0 radical (unpaired) electrons. The van der Waals surface area contributed by atoms with Crippen molar-refractivity contribution >= 4 is 40.0 Å². The monoisotopic (exact) mass is 403 g/mol. The molecule has 2 N–H and O–H groups in total. The summed E-state index contributed by atoms with van der Waals surface area (Å²) < 4.78 is 5.09. The van der Waals surface area contributed by atoms with E-state index in [1.165, 1.54) is 0 Å². The molecule has 0 fully saturated rings. The molecule has 8 heteroatoms. The average molecular weight is 403 g/mol. The van der Waals surface area contributed by atoms with Gasteiger partial charge in [0.05, 0.1) is 12.8 Å². The molecule has 3 aromatic carbocycles. The highest BCUT2D eigenvalue weighted by Crippen LogP contribution is 2.17. The maximum atomic E-state index is 12.3. The molecule has 0 atom stereocenters. The molecular formula is C21H17N5O2S. The van der Waals surface area contributed by atoms with E-state index in [1.54, 1.807) is 36.2 Å². The van der Waals surface area contributed by atoms with Gasteiger partial charge in [-0.05, 0) is 66.8 Å². The van der Waals surface area contributed by atoms with Crippen LogP contribution >= 0.6 is 12.2 Å². The van der Waals surface area contributed by atoms with Gasteiger partial charge in [0.15, 0.2) is 5.11 Å². The molecule has 0 aliphatic rings. The SMILES string of the molecule is COc1ccc(C(=O)NC(=S)Nc2ccc3nn(-c4ccccc4)nc3c2)cc1. The third kappa shape index (κ3) is 4.22. The molecule has 1 amide bonds. The first-order valence-electron chi connectivity index (χ1n) is 8.81. The van der Waals surface area contributed by atoms with Crippen molar-refractivity contribution in [1.29, 1.82) is 0 Å². The lowest BCUT2D eigenvalue weighted by atomic mass is 10.2. The molecule has 0 unspecified atom stereocenters. The van der Waals surface area contributed by atoms with Gasteiger partial charge >= 0.3 is 0 Å². The highest BCUT2D eigenvalue weighted by molar-refractivity contribution is 7.80. The number of para-hydroxylation sites is 1. The highest BCUT2D eigenvalue weighted by atomic mass is 32.1. The number of hydrogen-bond acceptors (Lipinski definition) is 5. The first-order chi connectivity index (χ1) is 14.1. The number of rotatable bonds is 4. The van der Waals surface area contributed by atoms with Gasteiger partial charge in [0, 0.05) is 11.3 Å². The van der Waals surface area contributed by atoms with Crippen LogP contribution in [-0.4, -0.2) is 33.1 Å². The second kappa shape index (κ2) is 8.07. The Kier molecular flexibility index (Phi) is 5.17. The fourth-order valence-corrected chi connectivity index (χ4v) is 2.96. The fourth-order valence-electron chi connectivity index (χ4n) is 2.75. The molecular weight excluding hydrogens is 386 g/mol. The molecule has 0 aliphatic heterocycles. The van der Waals surface area contributed by atoms with Gasteiger partial charge in [-0.3, -0.25) is 10.1 Å². The van der Waals surface area contributed by atoms with Gasteiger partial charge in [-0.25, -0.2) is 0 Å². The van der Waals surface area contributed by atoms with Crippen LogP contribution in [0.1, 0.15) is 10.4 Å². The Balaban J connectivity index is 1.45. The van der Waals surface area contributed by atoms with Gasteiger partial charge < -0.3 is 10.1 Å². The number of amides is 1.